The topological polar surface area (TPSA) is 129 Å². The summed E-state index contributed by atoms with van der Waals surface area (Å²) in [5.41, 5.74) is 2.41. The lowest BCUT2D eigenvalue weighted by atomic mass is 9.95. The van der Waals surface area contributed by atoms with Crippen LogP contribution in [0.3, 0.4) is 0 Å². The van der Waals surface area contributed by atoms with Crippen LogP contribution in [0.5, 0.6) is 0 Å². The summed E-state index contributed by atoms with van der Waals surface area (Å²) in [6.07, 6.45) is 2.91. The van der Waals surface area contributed by atoms with Crippen LogP contribution >= 0.6 is 0 Å². The van der Waals surface area contributed by atoms with Gasteiger partial charge in [-0.05, 0) is 60.6 Å². The minimum atomic E-state index is -3.72. The highest BCUT2D eigenvalue weighted by molar-refractivity contribution is 7.92. The molecule has 198 valence electrons. The average molecular weight is 532 g/mol. The summed E-state index contributed by atoms with van der Waals surface area (Å²) in [6, 6.07) is 9.08. The molecular formula is C25H30BFN2O7S. The van der Waals surface area contributed by atoms with Crippen LogP contribution in [0.15, 0.2) is 40.8 Å². The number of rotatable bonds is 11. The predicted octanol–water partition coefficient (Wildman–Crippen LogP) is 2.91. The first-order valence-corrected chi connectivity index (χ1v) is 13.8. The molecule has 0 saturated heterocycles. The van der Waals surface area contributed by atoms with Crippen molar-refractivity contribution in [1.82, 2.24) is 5.32 Å². The fourth-order valence-electron chi connectivity index (χ4n) is 4.36. The van der Waals surface area contributed by atoms with Crippen LogP contribution in [0.1, 0.15) is 41.6 Å². The lowest BCUT2D eigenvalue weighted by Gasteiger charge is -2.28. The lowest BCUT2D eigenvalue weighted by Crippen LogP contribution is -2.36. The molecular weight excluding hydrogens is 502 g/mol. The van der Waals surface area contributed by atoms with Gasteiger partial charge in [0, 0.05) is 30.6 Å². The van der Waals surface area contributed by atoms with Gasteiger partial charge in [-0.1, -0.05) is 6.92 Å². The molecule has 1 aliphatic rings. The minimum Gasteiger partial charge on any atom is -0.455 e. The first kappa shape index (κ1) is 27.1. The predicted molar refractivity (Wildman–Crippen MR) is 139 cm³/mol. The lowest BCUT2D eigenvalue weighted by molar-refractivity contribution is 0.0964. The van der Waals surface area contributed by atoms with Crippen molar-refractivity contribution in [3.05, 3.63) is 53.3 Å². The number of nitrogens with zero attached hydrogens (tertiary/aromatic N) is 1. The summed E-state index contributed by atoms with van der Waals surface area (Å²) >= 11 is 0. The molecule has 0 radical (unpaired) electrons. The third-order valence-corrected chi connectivity index (χ3v) is 7.38. The summed E-state index contributed by atoms with van der Waals surface area (Å²) in [4.78, 5) is 12.9. The van der Waals surface area contributed by atoms with Crippen LogP contribution in [0, 0.1) is 11.7 Å². The Morgan fingerprint density at radius 3 is 2.51 bits per heavy atom. The first-order valence-electron chi connectivity index (χ1n) is 12.0. The number of hydrogen-bond donors (Lipinski definition) is 3. The van der Waals surface area contributed by atoms with Crippen molar-refractivity contribution >= 4 is 39.7 Å². The van der Waals surface area contributed by atoms with E-state index >= 15 is 0 Å². The molecule has 1 saturated carbocycles. The smallest absolute Gasteiger partial charge is 0.455 e. The van der Waals surface area contributed by atoms with Gasteiger partial charge in [0.15, 0.2) is 0 Å². The van der Waals surface area contributed by atoms with Gasteiger partial charge in [0.25, 0.3) is 5.91 Å². The highest BCUT2D eigenvalue weighted by Gasteiger charge is 2.33. The molecule has 1 aromatic heterocycles. The van der Waals surface area contributed by atoms with Crippen LogP contribution in [0.4, 0.5) is 10.1 Å². The fraction of sp³-hybridized carbons (Fsp3) is 0.400. The third kappa shape index (κ3) is 6.15. The van der Waals surface area contributed by atoms with Crippen LogP contribution in [0.2, 0.25) is 0 Å². The average Bonchev–Trinajstić information content (AvgIpc) is 3.61. The van der Waals surface area contributed by atoms with E-state index in [4.69, 9.17) is 19.2 Å². The summed E-state index contributed by atoms with van der Waals surface area (Å²) in [5, 5.41) is 21.2. The van der Waals surface area contributed by atoms with E-state index in [1.54, 1.807) is 13.0 Å². The number of carbonyl (C=O) groups is 1. The second-order valence-electron chi connectivity index (χ2n) is 9.49. The van der Waals surface area contributed by atoms with E-state index in [2.05, 4.69) is 5.32 Å². The largest absolute Gasteiger partial charge is 0.479 e. The maximum atomic E-state index is 13.5. The van der Waals surface area contributed by atoms with Crippen molar-refractivity contribution in [1.29, 1.82) is 0 Å². The van der Waals surface area contributed by atoms with E-state index in [1.165, 1.54) is 35.6 Å². The molecule has 0 bridgehead atoms. The zero-order valence-electron chi connectivity index (χ0n) is 20.9. The molecule has 1 atom stereocenters. The quantitative estimate of drug-likeness (QED) is 0.324. The van der Waals surface area contributed by atoms with Crippen molar-refractivity contribution in [3.8, 4) is 11.3 Å². The molecule has 1 aliphatic carbocycles. The highest BCUT2D eigenvalue weighted by Crippen LogP contribution is 2.48. The van der Waals surface area contributed by atoms with Gasteiger partial charge in [-0.15, -0.1) is 0 Å². The molecule has 3 aromatic rings. The number of benzene rings is 2. The summed E-state index contributed by atoms with van der Waals surface area (Å²) in [6.45, 7) is 1.75. The molecule has 2 aromatic carbocycles. The molecule has 1 fully saturated rings. The molecule has 12 heteroatoms. The van der Waals surface area contributed by atoms with Crippen molar-refractivity contribution in [2.75, 3.05) is 37.3 Å². The van der Waals surface area contributed by atoms with Gasteiger partial charge in [-0.2, -0.15) is 0 Å². The Labute approximate surface area is 215 Å². The number of furan rings is 1. The van der Waals surface area contributed by atoms with Crippen LogP contribution in [-0.2, 0) is 14.8 Å². The Morgan fingerprint density at radius 1 is 1.27 bits per heavy atom. The standard InChI is InChI=1S/C25H30BFN2O7S/c1-15(13-35-14-26(31)32)12-29(37(3,33)34)21-11-22-20(10-19(21)16-4-5-16)23(25(30)28-2)24(36-22)17-6-8-18(27)9-7-17/h6-11,15-16,31-32H,4-5,12-14H2,1-3H3,(H,28,30). The molecule has 37 heavy (non-hydrogen) atoms. The van der Waals surface area contributed by atoms with E-state index in [-0.39, 0.29) is 43.2 Å². The molecule has 3 N–H and O–H groups in total. The normalized spacial score (nSPS) is 14.5. The maximum absolute atomic E-state index is 13.5. The number of nitrogens with one attached hydrogen (secondary N) is 1. The van der Waals surface area contributed by atoms with Gasteiger partial charge in [-0.25, -0.2) is 12.8 Å². The Morgan fingerprint density at radius 2 is 1.95 bits per heavy atom. The van der Waals surface area contributed by atoms with Crippen LogP contribution in [0.25, 0.3) is 22.3 Å². The second kappa shape index (κ2) is 10.8. The van der Waals surface area contributed by atoms with Gasteiger partial charge in [-0.3, -0.25) is 9.10 Å². The maximum Gasteiger partial charge on any atom is 0.479 e. The summed E-state index contributed by atoms with van der Waals surface area (Å²) < 4.78 is 52.1. The molecule has 4 rings (SSSR count). The van der Waals surface area contributed by atoms with E-state index in [1.807, 2.05) is 6.07 Å². The zero-order chi connectivity index (χ0) is 26.9. The van der Waals surface area contributed by atoms with E-state index < -0.39 is 23.0 Å². The van der Waals surface area contributed by atoms with Crippen LogP contribution < -0.4 is 9.62 Å². The van der Waals surface area contributed by atoms with Gasteiger partial charge < -0.3 is 24.5 Å². The van der Waals surface area contributed by atoms with E-state index in [0.29, 0.717) is 27.8 Å². The third-order valence-electron chi connectivity index (χ3n) is 6.23. The number of fused-ring (bicyclic) bond motifs is 1. The fourth-order valence-corrected chi connectivity index (χ4v) is 5.40. The molecule has 9 nitrogen and oxygen atoms in total. The van der Waals surface area contributed by atoms with Crippen molar-refractivity contribution in [2.24, 2.45) is 5.92 Å². The molecule has 1 amide bonds. The van der Waals surface area contributed by atoms with Gasteiger partial charge in [0.1, 0.15) is 17.2 Å². The number of carbonyl (C=O) groups excluding carboxylic acids is 1. The number of anilines is 1. The number of amides is 1. The van der Waals surface area contributed by atoms with Crippen molar-refractivity contribution in [2.45, 2.75) is 25.7 Å². The number of hydrogen-bond acceptors (Lipinski definition) is 7. The number of ether oxygens (including phenoxy) is 1. The second-order valence-corrected chi connectivity index (χ2v) is 11.4. The van der Waals surface area contributed by atoms with Crippen molar-refractivity contribution < 1.29 is 36.8 Å². The first-order chi connectivity index (χ1) is 17.5. The minimum absolute atomic E-state index is 0.0966. The summed E-state index contributed by atoms with van der Waals surface area (Å²) in [5.74, 6) is -0.645. The Kier molecular flexibility index (Phi) is 7.93. The monoisotopic (exact) mass is 532 g/mol. The number of sulfonamides is 1. The Balaban J connectivity index is 1.83. The SMILES string of the molecule is CNC(=O)c1c(-c2ccc(F)cc2)oc2cc(N(CC(C)COCB(O)O)S(C)(=O)=O)c(C3CC3)cc12. The van der Waals surface area contributed by atoms with E-state index in [0.717, 1.165) is 24.7 Å². The molecule has 0 spiro atoms. The summed E-state index contributed by atoms with van der Waals surface area (Å²) in [7, 11) is -3.81. The van der Waals surface area contributed by atoms with Crippen LogP contribution in [-0.4, -0.2) is 64.5 Å². The van der Waals surface area contributed by atoms with Gasteiger partial charge >= 0.3 is 7.12 Å². The van der Waals surface area contributed by atoms with Crippen molar-refractivity contribution in [3.63, 3.8) is 0 Å². The van der Waals surface area contributed by atoms with Gasteiger partial charge in [0.05, 0.1) is 30.6 Å². The van der Waals surface area contributed by atoms with Gasteiger partial charge in [0.2, 0.25) is 10.0 Å². The number of halogens is 1. The van der Waals surface area contributed by atoms with E-state index in [9.17, 15) is 17.6 Å². The molecule has 1 heterocycles. The molecule has 1 unspecified atom stereocenters. The Bertz CT molecular complexity index is 1390. The zero-order valence-corrected chi connectivity index (χ0v) is 21.7. The highest BCUT2D eigenvalue weighted by atomic mass is 32.2. The Hall–Kier alpha value is -2.93. The molecule has 0 aliphatic heterocycles.